The molecule has 4 rings (SSSR count). The number of carbonyl (C=O) groups is 1. The fourth-order valence-electron chi connectivity index (χ4n) is 4.21. The average Bonchev–Trinajstić information content (AvgIpc) is 2.88. The lowest BCUT2D eigenvalue weighted by atomic mass is 10.0. The third kappa shape index (κ3) is 5.42. The number of nitrogens with one attached hydrogen (secondary N) is 2. The van der Waals surface area contributed by atoms with E-state index in [4.69, 9.17) is 10.00 Å². The molecule has 2 aromatic carbocycles. The average molecular weight is 474 g/mol. The van der Waals surface area contributed by atoms with Gasteiger partial charge < -0.3 is 20.3 Å². The molecule has 0 aliphatic carbocycles. The van der Waals surface area contributed by atoms with E-state index < -0.39 is 11.7 Å². The Morgan fingerprint density at radius 2 is 2.00 bits per heavy atom. The van der Waals surface area contributed by atoms with Crippen LogP contribution in [0.5, 0.6) is 5.75 Å². The number of anilines is 1. The van der Waals surface area contributed by atoms with Crippen LogP contribution in [0.15, 0.2) is 54.6 Å². The van der Waals surface area contributed by atoms with Crippen molar-refractivity contribution in [1.82, 2.24) is 15.2 Å². The Morgan fingerprint density at radius 3 is 2.71 bits per heavy atom. The van der Waals surface area contributed by atoms with E-state index in [0.717, 1.165) is 42.3 Å². The van der Waals surface area contributed by atoms with Gasteiger partial charge in [0.15, 0.2) is 11.5 Å². The summed E-state index contributed by atoms with van der Waals surface area (Å²) in [5, 5.41) is 17.0. The quantitative estimate of drug-likeness (QED) is 0.496. The maximum Gasteiger partial charge on any atom is 0.273 e. The molecule has 2 heterocycles. The molecule has 1 aliphatic heterocycles. The fraction of sp³-hybridized carbons (Fsp3) is 0.296. The highest BCUT2D eigenvalue weighted by Crippen LogP contribution is 2.35. The summed E-state index contributed by atoms with van der Waals surface area (Å²) in [5.74, 6) is -0.539. The number of nitrogens with zero attached hydrogens (tertiary/aromatic N) is 3. The van der Waals surface area contributed by atoms with Crippen molar-refractivity contribution in [2.45, 2.75) is 18.9 Å². The van der Waals surface area contributed by atoms with E-state index in [-0.39, 0.29) is 18.3 Å². The number of hydrogen-bond acceptors (Lipinski definition) is 6. The third-order valence-corrected chi connectivity index (χ3v) is 6.25. The smallest absolute Gasteiger partial charge is 0.273 e. The van der Waals surface area contributed by atoms with Crippen molar-refractivity contribution in [3.63, 3.8) is 0 Å². The van der Waals surface area contributed by atoms with Crippen LogP contribution in [0.2, 0.25) is 0 Å². The van der Waals surface area contributed by atoms with Crippen molar-refractivity contribution in [2.24, 2.45) is 0 Å². The van der Waals surface area contributed by atoms with Crippen molar-refractivity contribution < 1.29 is 13.9 Å². The molecule has 0 saturated carbocycles. The molecule has 0 bridgehead atoms. The lowest BCUT2D eigenvalue weighted by Gasteiger charge is -2.29. The highest BCUT2D eigenvalue weighted by atomic mass is 19.1. The first-order chi connectivity index (χ1) is 16.9. The number of piperidine rings is 1. The summed E-state index contributed by atoms with van der Waals surface area (Å²) in [5.41, 5.74) is 2.10. The number of rotatable bonds is 7. The first-order valence-electron chi connectivity index (χ1n) is 11.5. The van der Waals surface area contributed by atoms with Gasteiger partial charge in [0, 0.05) is 29.1 Å². The number of amides is 1. The van der Waals surface area contributed by atoms with E-state index in [0.29, 0.717) is 22.7 Å². The maximum absolute atomic E-state index is 14.6. The summed E-state index contributed by atoms with van der Waals surface area (Å²) in [6, 6.07) is 14.4. The van der Waals surface area contributed by atoms with Gasteiger partial charge in [0.05, 0.1) is 24.6 Å². The molecule has 3 aromatic rings. The summed E-state index contributed by atoms with van der Waals surface area (Å²) in [6.45, 7) is 5.77. The zero-order valence-corrected chi connectivity index (χ0v) is 19.9. The standard InChI is InChI=1S/C27H28FN5O2/c1-17(15-29)16-30-25-21-14-19(5-4-18(21)6-9-24(25)35-3)23-8-7-22(28)26(32-23)27(34)31-20-10-12-33(2)13-11-20/h4-9,14,20,30H,1,10-13,16H2,2-3H3,(H,31,34). The van der Waals surface area contributed by atoms with Crippen molar-refractivity contribution in [3.05, 3.63) is 66.1 Å². The van der Waals surface area contributed by atoms with Gasteiger partial charge in [-0.2, -0.15) is 5.26 Å². The van der Waals surface area contributed by atoms with Gasteiger partial charge in [0.2, 0.25) is 0 Å². The molecule has 8 heteroatoms. The van der Waals surface area contributed by atoms with Gasteiger partial charge in [-0.25, -0.2) is 9.37 Å². The molecule has 1 saturated heterocycles. The van der Waals surface area contributed by atoms with E-state index in [2.05, 4.69) is 27.1 Å². The molecule has 0 atom stereocenters. The van der Waals surface area contributed by atoms with Crippen LogP contribution < -0.4 is 15.4 Å². The number of likely N-dealkylation sites (tertiary alicyclic amines) is 1. The van der Waals surface area contributed by atoms with Crippen LogP contribution in [-0.2, 0) is 0 Å². The topological polar surface area (TPSA) is 90.3 Å². The number of benzene rings is 2. The minimum Gasteiger partial charge on any atom is -0.495 e. The van der Waals surface area contributed by atoms with Gasteiger partial charge >= 0.3 is 0 Å². The predicted molar refractivity (Wildman–Crippen MR) is 135 cm³/mol. The lowest BCUT2D eigenvalue weighted by Crippen LogP contribution is -2.43. The number of fused-ring (bicyclic) bond motifs is 1. The highest BCUT2D eigenvalue weighted by Gasteiger charge is 2.22. The fourth-order valence-corrected chi connectivity index (χ4v) is 4.21. The second-order valence-electron chi connectivity index (χ2n) is 8.73. The van der Waals surface area contributed by atoms with E-state index in [1.807, 2.05) is 43.4 Å². The third-order valence-electron chi connectivity index (χ3n) is 6.25. The summed E-state index contributed by atoms with van der Waals surface area (Å²) < 4.78 is 20.1. The number of pyridine rings is 1. The molecule has 7 nitrogen and oxygen atoms in total. The van der Waals surface area contributed by atoms with Crippen LogP contribution in [0, 0.1) is 17.1 Å². The Hall–Kier alpha value is -3.96. The molecule has 2 N–H and O–H groups in total. The number of hydrogen-bond donors (Lipinski definition) is 2. The van der Waals surface area contributed by atoms with Gasteiger partial charge in [-0.05, 0) is 62.6 Å². The molecule has 180 valence electrons. The van der Waals surface area contributed by atoms with Crippen LogP contribution in [0.3, 0.4) is 0 Å². The van der Waals surface area contributed by atoms with Gasteiger partial charge in [0.1, 0.15) is 5.75 Å². The predicted octanol–water partition coefficient (Wildman–Crippen LogP) is 4.37. The van der Waals surface area contributed by atoms with Crippen LogP contribution >= 0.6 is 0 Å². The Labute approximate surface area is 204 Å². The van der Waals surface area contributed by atoms with Crippen molar-refractivity contribution >= 4 is 22.4 Å². The monoisotopic (exact) mass is 473 g/mol. The largest absolute Gasteiger partial charge is 0.495 e. The zero-order chi connectivity index (χ0) is 24.9. The van der Waals surface area contributed by atoms with Crippen LogP contribution in [0.1, 0.15) is 23.3 Å². The number of halogens is 1. The first-order valence-corrected chi connectivity index (χ1v) is 11.5. The van der Waals surface area contributed by atoms with E-state index in [1.54, 1.807) is 13.2 Å². The molecule has 1 aliphatic rings. The Morgan fingerprint density at radius 1 is 1.26 bits per heavy atom. The SMILES string of the molecule is C=C(C#N)CNc1c(OC)ccc2ccc(-c3ccc(F)c(C(=O)NC4CCN(C)CC4)n3)cc12. The molecule has 35 heavy (non-hydrogen) atoms. The molecule has 1 aromatic heterocycles. The van der Waals surface area contributed by atoms with E-state index in [9.17, 15) is 9.18 Å². The summed E-state index contributed by atoms with van der Waals surface area (Å²) in [6.07, 6.45) is 1.65. The minimum absolute atomic E-state index is 0.00786. The number of nitriles is 1. The molecule has 1 fully saturated rings. The Balaban J connectivity index is 1.66. The van der Waals surface area contributed by atoms with E-state index in [1.165, 1.54) is 6.07 Å². The molecule has 0 spiro atoms. The maximum atomic E-state index is 14.6. The molecule has 0 unspecified atom stereocenters. The normalized spacial score (nSPS) is 14.3. The van der Waals surface area contributed by atoms with Gasteiger partial charge in [-0.3, -0.25) is 4.79 Å². The van der Waals surface area contributed by atoms with Gasteiger partial charge in [-0.1, -0.05) is 24.8 Å². The number of methoxy groups -OCH3 is 1. The summed E-state index contributed by atoms with van der Waals surface area (Å²) >= 11 is 0. The summed E-state index contributed by atoms with van der Waals surface area (Å²) in [7, 11) is 3.62. The highest BCUT2D eigenvalue weighted by molar-refractivity contribution is 5.99. The minimum atomic E-state index is -0.654. The van der Waals surface area contributed by atoms with Crippen molar-refractivity contribution in [3.8, 4) is 23.1 Å². The van der Waals surface area contributed by atoms with Crippen molar-refractivity contribution in [1.29, 1.82) is 5.26 Å². The Kier molecular flexibility index (Phi) is 7.28. The number of carbonyl (C=O) groups excluding carboxylic acids is 1. The second-order valence-corrected chi connectivity index (χ2v) is 8.73. The zero-order valence-electron chi connectivity index (χ0n) is 19.9. The van der Waals surface area contributed by atoms with Gasteiger partial charge in [-0.15, -0.1) is 0 Å². The van der Waals surface area contributed by atoms with Crippen LogP contribution in [0.4, 0.5) is 10.1 Å². The molecule has 0 radical (unpaired) electrons. The molecular weight excluding hydrogens is 445 g/mol. The number of aromatic nitrogens is 1. The summed E-state index contributed by atoms with van der Waals surface area (Å²) in [4.78, 5) is 19.4. The lowest BCUT2D eigenvalue weighted by molar-refractivity contribution is 0.0907. The molecule has 1 amide bonds. The van der Waals surface area contributed by atoms with Crippen molar-refractivity contribution in [2.75, 3.05) is 39.1 Å². The number of ether oxygens (including phenoxy) is 1. The Bertz CT molecular complexity index is 1310. The second kappa shape index (κ2) is 10.5. The van der Waals surface area contributed by atoms with E-state index >= 15 is 0 Å². The van der Waals surface area contributed by atoms with Crippen LogP contribution in [0.25, 0.3) is 22.0 Å². The first kappa shape index (κ1) is 24.2. The molecular formula is C27H28FN5O2. The van der Waals surface area contributed by atoms with Gasteiger partial charge in [0.25, 0.3) is 5.91 Å². The van der Waals surface area contributed by atoms with Crippen LogP contribution in [-0.4, -0.2) is 55.6 Å².